The number of benzene rings is 1. The average Bonchev–Trinajstić information content (AvgIpc) is 3.23. The number of amides is 2. The lowest BCUT2D eigenvalue weighted by atomic mass is 10.1. The van der Waals surface area contributed by atoms with Crippen molar-refractivity contribution in [3.63, 3.8) is 0 Å². The summed E-state index contributed by atoms with van der Waals surface area (Å²) in [4.78, 5) is 28.9. The summed E-state index contributed by atoms with van der Waals surface area (Å²) in [5.41, 5.74) is 1.36. The molecule has 2 aliphatic rings. The highest BCUT2D eigenvalue weighted by Gasteiger charge is 2.43. The van der Waals surface area contributed by atoms with E-state index in [1.54, 1.807) is 17.9 Å². The van der Waals surface area contributed by atoms with E-state index < -0.39 is 0 Å². The van der Waals surface area contributed by atoms with E-state index in [0.717, 1.165) is 5.56 Å². The number of nitrogens with zero attached hydrogens (tertiary/aromatic N) is 3. The molecule has 1 aromatic carbocycles. The summed E-state index contributed by atoms with van der Waals surface area (Å²) < 4.78 is 10.9. The molecule has 2 aromatic rings. The van der Waals surface area contributed by atoms with Gasteiger partial charge in [-0.25, -0.2) is 0 Å². The van der Waals surface area contributed by atoms with Crippen molar-refractivity contribution in [3.05, 3.63) is 53.4 Å². The molecule has 1 aromatic heterocycles. The maximum Gasteiger partial charge on any atom is 0.276 e. The monoisotopic (exact) mass is 355 g/mol. The Labute approximate surface area is 151 Å². The molecule has 2 fully saturated rings. The number of fused-ring (bicyclic) bond motifs is 1. The van der Waals surface area contributed by atoms with Gasteiger partial charge in [0.1, 0.15) is 5.76 Å². The van der Waals surface area contributed by atoms with Gasteiger partial charge in [0, 0.05) is 25.7 Å². The van der Waals surface area contributed by atoms with Gasteiger partial charge in [0.25, 0.3) is 5.91 Å². The number of ether oxygens (including phenoxy) is 1. The Hall–Kier alpha value is -2.67. The van der Waals surface area contributed by atoms with Crippen molar-refractivity contribution in [1.29, 1.82) is 0 Å². The quantitative estimate of drug-likeness (QED) is 0.836. The normalized spacial score (nSPS) is 23.0. The Morgan fingerprint density at radius 1 is 1.27 bits per heavy atom. The van der Waals surface area contributed by atoms with E-state index in [0.29, 0.717) is 44.1 Å². The zero-order chi connectivity index (χ0) is 18.1. The van der Waals surface area contributed by atoms with E-state index in [-0.39, 0.29) is 24.0 Å². The Morgan fingerprint density at radius 2 is 2.08 bits per heavy atom. The molecule has 0 unspecified atom stereocenters. The highest BCUT2D eigenvalue weighted by atomic mass is 16.5. The maximum atomic E-state index is 12.7. The minimum Gasteiger partial charge on any atom is -0.374 e. The third kappa shape index (κ3) is 3.22. The van der Waals surface area contributed by atoms with Crippen LogP contribution in [0.2, 0.25) is 0 Å². The highest BCUT2D eigenvalue weighted by Crippen LogP contribution is 2.26. The SMILES string of the molecule is Cc1cc(C(=O)N2C[C@@H]3OCCC(=O)N(Cc4ccccc4)[C@H]3C2)no1. The largest absolute Gasteiger partial charge is 0.374 e. The second-order valence-corrected chi connectivity index (χ2v) is 6.77. The summed E-state index contributed by atoms with van der Waals surface area (Å²) in [6.45, 7) is 3.55. The molecule has 7 heteroatoms. The van der Waals surface area contributed by atoms with Gasteiger partial charge in [0.05, 0.1) is 25.2 Å². The molecule has 2 amide bonds. The first-order valence-electron chi connectivity index (χ1n) is 8.79. The number of hydrogen-bond donors (Lipinski definition) is 0. The second-order valence-electron chi connectivity index (χ2n) is 6.77. The summed E-state index contributed by atoms with van der Waals surface area (Å²) in [6, 6.07) is 11.4. The molecule has 0 bridgehead atoms. The van der Waals surface area contributed by atoms with Gasteiger partial charge in [0.15, 0.2) is 5.69 Å². The fourth-order valence-corrected chi connectivity index (χ4v) is 3.63. The van der Waals surface area contributed by atoms with Crippen molar-refractivity contribution in [1.82, 2.24) is 15.0 Å². The van der Waals surface area contributed by atoms with E-state index in [2.05, 4.69) is 5.16 Å². The van der Waals surface area contributed by atoms with Crippen molar-refractivity contribution in [2.24, 2.45) is 0 Å². The van der Waals surface area contributed by atoms with Crippen LogP contribution in [0.15, 0.2) is 40.9 Å². The van der Waals surface area contributed by atoms with Gasteiger partial charge in [0.2, 0.25) is 5.91 Å². The van der Waals surface area contributed by atoms with E-state index in [4.69, 9.17) is 9.26 Å². The summed E-state index contributed by atoms with van der Waals surface area (Å²) in [5, 5.41) is 3.81. The van der Waals surface area contributed by atoms with Crippen LogP contribution in [0.25, 0.3) is 0 Å². The number of carbonyl (C=O) groups excluding carboxylic acids is 2. The molecule has 0 radical (unpaired) electrons. The van der Waals surface area contributed by atoms with Crippen LogP contribution in [-0.2, 0) is 16.1 Å². The zero-order valence-electron chi connectivity index (χ0n) is 14.6. The topological polar surface area (TPSA) is 75.9 Å². The van der Waals surface area contributed by atoms with Gasteiger partial charge >= 0.3 is 0 Å². The van der Waals surface area contributed by atoms with Gasteiger partial charge in [-0.2, -0.15) is 0 Å². The van der Waals surface area contributed by atoms with Crippen molar-refractivity contribution in [2.45, 2.75) is 32.0 Å². The fraction of sp³-hybridized carbons (Fsp3) is 0.421. The van der Waals surface area contributed by atoms with Crippen LogP contribution in [0, 0.1) is 6.92 Å². The summed E-state index contributed by atoms with van der Waals surface area (Å²) >= 11 is 0. The molecule has 0 N–H and O–H groups in total. The fourth-order valence-electron chi connectivity index (χ4n) is 3.63. The molecule has 3 heterocycles. The standard InChI is InChI=1S/C19H21N3O4/c1-13-9-15(20-26-13)19(24)21-11-16-17(12-21)25-8-7-18(23)22(16)10-14-5-3-2-4-6-14/h2-6,9,16-17H,7-8,10-12H2,1H3/t16-,17-/m0/s1. The average molecular weight is 355 g/mol. The zero-order valence-corrected chi connectivity index (χ0v) is 14.6. The molecule has 26 heavy (non-hydrogen) atoms. The molecule has 136 valence electrons. The number of aromatic nitrogens is 1. The number of hydrogen-bond acceptors (Lipinski definition) is 5. The summed E-state index contributed by atoms with van der Waals surface area (Å²) in [6.07, 6.45) is 0.193. The van der Waals surface area contributed by atoms with E-state index in [9.17, 15) is 9.59 Å². The lowest BCUT2D eigenvalue weighted by Gasteiger charge is -2.29. The van der Waals surface area contributed by atoms with E-state index >= 15 is 0 Å². The number of rotatable bonds is 3. The molecular formula is C19H21N3O4. The predicted molar refractivity (Wildman–Crippen MR) is 92.3 cm³/mol. The van der Waals surface area contributed by atoms with Crippen molar-refractivity contribution >= 4 is 11.8 Å². The van der Waals surface area contributed by atoms with Crippen LogP contribution in [0.5, 0.6) is 0 Å². The van der Waals surface area contributed by atoms with Crippen LogP contribution < -0.4 is 0 Å². The van der Waals surface area contributed by atoms with Crippen LogP contribution >= 0.6 is 0 Å². The molecule has 7 nitrogen and oxygen atoms in total. The molecule has 0 saturated carbocycles. The van der Waals surface area contributed by atoms with Crippen molar-refractivity contribution in [2.75, 3.05) is 19.7 Å². The predicted octanol–water partition coefficient (Wildman–Crippen LogP) is 1.63. The number of aryl methyl sites for hydroxylation is 1. The third-order valence-corrected chi connectivity index (χ3v) is 4.94. The van der Waals surface area contributed by atoms with Gasteiger partial charge in [-0.3, -0.25) is 9.59 Å². The Kier molecular flexibility index (Phi) is 4.46. The minimum atomic E-state index is -0.189. The van der Waals surface area contributed by atoms with Gasteiger partial charge < -0.3 is 19.1 Å². The van der Waals surface area contributed by atoms with Crippen LogP contribution in [0.3, 0.4) is 0 Å². The Bertz CT molecular complexity index is 804. The Balaban J connectivity index is 1.54. The lowest BCUT2D eigenvalue weighted by Crippen LogP contribution is -2.45. The molecule has 2 atom stereocenters. The lowest BCUT2D eigenvalue weighted by molar-refractivity contribution is -0.133. The van der Waals surface area contributed by atoms with Crippen molar-refractivity contribution in [3.8, 4) is 0 Å². The first-order valence-corrected chi connectivity index (χ1v) is 8.79. The van der Waals surface area contributed by atoms with Crippen LogP contribution in [0.4, 0.5) is 0 Å². The molecule has 2 aliphatic heterocycles. The van der Waals surface area contributed by atoms with Crippen LogP contribution in [0.1, 0.15) is 28.2 Å². The molecular weight excluding hydrogens is 334 g/mol. The van der Waals surface area contributed by atoms with Crippen molar-refractivity contribution < 1.29 is 18.8 Å². The number of likely N-dealkylation sites (tertiary alicyclic amines) is 1. The van der Waals surface area contributed by atoms with Gasteiger partial charge in [-0.05, 0) is 12.5 Å². The third-order valence-electron chi connectivity index (χ3n) is 4.94. The van der Waals surface area contributed by atoms with Gasteiger partial charge in [-0.15, -0.1) is 0 Å². The summed E-state index contributed by atoms with van der Waals surface area (Å²) in [5.74, 6) is 0.470. The summed E-state index contributed by atoms with van der Waals surface area (Å²) in [7, 11) is 0. The maximum absolute atomic E-state index is 12.7. The first-order chi connectivity index (χ1) is 12.6. The molecule has 0 spiro atoms. The first kappa shape index (κ1) is 16.8. The molecule has 2 saturated heterocycles. The number of carbonyl (C=O) groups is 2. The van der Waals surface area contributed by atoms with E-state index in [1.807, 2.05) is 35.2 Å². The second kappa shape index (κ2) is 6.92. The smallest absolute Gasteiger partial charge is 0.276 e. The molecule has 4 rings (SSSR count). The van der Waals surface area contributed by atoms with Gasteiger partial charge in [-0.1, -0.05) is 35.5 Å². The Morgan fingerprint density at radius 3 is 2.81 bits per heavy atom. The minimum absolute atomic E-state index is 0.0629. The molecule has 0 aliphatic carbocycles. The van der Waals surface area contributed by atoms with Crippen LogP contribution in [-0.4, -0.2) is 58.6 Å². The highest BCUT2D eigenvalue weighted by molar-refractivity contribution is 5.92. The van der Waals surface area contributed by atoms with E-state index in [1.165, 1.54) is 0 Å².